The lowest BCUT2D eigenvalue weighted by Gasteiger charge is -2.32. The maximum atomic E-state index is 14.1. The highest BCUT2D eigenvalue weighted by Gasteiger charge is 2.31. The molecule has 33 heavy (non-hydrogen) atoms. The summed E-state index contributed by atoms with van der Waals surface area (Å²) in [5.74, 6) is -0.899. The zero-order chi connectivity index (χ0) is 23.8. The fourth-order valence-corrected chi connectivity index (χ4v) is 3.75. The molecule has 1 aliphatic heterocycles. The van der Waals surface area contributed by atoms with Crippen molar-refractivity contribution in [2.45, 2.75) is 6.36 Å². The summed E-state index contributed by atoms with van der Waals surface area (Å²) in [5.41, 5.74) is 0.711. The molecule has 4 rings (SSSR count). The van der Waals surface area contributed by atoms with Crippen molar-refractivity contribution in [2.75, 3.05) is 38.5 Å². The lowest BCUT2D eigenvalue weighted by atomic mass is 10.2. The standard InChI is InChI=1S/C22H19F4N5O2/c1-29-8-10-30(11-9-29)21(32)28-20-18(13-27)17-7-2-14(23)12-19(17)31(20)15-3-5-16(6-4-15)33-22(24,25)26/h2-7,12H,8-11H2,1H3,(H,28,32). The molecular formula is C22H19F4N5O2. The highest BCUT2D eigenvalue weighted by molar-refractivity contribution is 6.00. The number of nitrogens with zero attached hydrogens (tertiary/aromatic N) is 4. The maximum Gasteiger partial charge on any atom is 0.573 e. The quantitative estimate of drug-likeness (QED) is 0.590. The van der Waals surface area contributed by atoms with E-state index in [1.807, 2.05) is 13.1 Å². The number of hydrogen-bond donors (Lipinski definition) is 1. The van der Waals surface area contributed by atoms with Crippen LogP contribution in [-0.4, -0.2) is 60.0 Å². The molecule has 0 atom stereocenters. The summed E-state index contributed by atoms with van der Waals surface area (Å²) >= 11 is 0. The van der Waals surface area contributed by atoms with Crippen molar-refractivity contribution in [3.8, 4) is 17.5 Å². The van der Waals surface area contributed by atoms with Gasteiger partial charge in [-0.3, -0.25) is 9.88 Å². The lowest BCUT2D eigenvalue weighted by molar-refractivity contribution is -0.274. The first-order valence-electron chi connectivity index (χ1n) is 10.0. The molecule has 1 saturated heterocycles. The number of nitriles is 1. The number of aromatic nitrogens is 1. The number of benzene rings is 2. The van der Waals surface area contributed by atoms with Gasteiger partial charge in [0.2, 0.25) is 0 Å². The molecule has 1 aliphatic rings. The van der Waals surface area contributed by atoms with Gasteiger partial charge >= 0.3 is 12.4 Å². The zero-order valence-corrected chi connectivity index (χ0v) is 17.5. The number of likely N-dealkylation sites (N-methyl/N-ethyl adjacent to an activating group) is 1. The minimum absolute atomic E-state index is 0.103. The van der Waals surface area contributed by atoms with Crippen LogP contribution < -0.4 is 10.1 Å². The van der Waals surface area contributed by atoms with Crippen LogP contribution in [0.1, 0.15) is 5.56 Å². The van der Waals surface area contributed by atoms with E-state index in [-0.39, 0.29) is 16.9 Å². The predicted octanol–water partition coefficient (Wildman–Crippen LogP) is 4.32. The van der Waals surface area contributed by atoms with E-state index in [0.717, 1.165) is 12.1 Å². The number of carbonyl (C=O) groups excluding carboxylic acids is 1. The minimum atomic E-state index is -4.85. The number of carbonyl (C=O) groups is 1. The molecule has 0 unspecified atom stereocenters. The molecule has 172 valence electrons. The highest BCUT2D eigenvalue weighted by Crippen LogP contribution is 2.34. The van der Waals surface area contributed by atoms with Crippen molar-refractivity contribution in [2.24, 2.45) is 0 Å². The van der Waals surface area contributed by atoms with E-state index in [9.17, 15) is 27.6 Å². The molecule has 1 N–H and O–H groups in total. The number of piperazine rings is 1. The molecule has 2 heterocycles. The summed E-state index contributed by atoms with van der Waals surface area (Å²) in [6.45, 7) is 2.35. The summed E-state index contributed by atoms with van der Waals surface area (Å²) in [4.78, 5) is 16.6. The van der Waals surface area contributed by atoms with Crippen molar-refractivity contribution in [1.82, 2.24) is 14.4 Å². The number of alkyl halides is 3. The zero-order valence-electron chi connectivity index (χ0n) is 17.5. The van der Waals surface area contributed by atoms with Gasteiger partial charge in [-0.1, -0.05) is 0 Å². The number of halogens is 4. The topological polar surface area (TPSA) is 73.5 Å². The molecule has 2 aromatic carbocycles. The summed E-state index contributed by atoms with van der Waals surface area (Å²) < 4.78 is 57.0. The molecule has 1 aromatic heterocycles. The van der Waals surface area contributed by atoms with Gasteiger partial charge in [0.1, 0.15) is 29.0 Å². The second-order valence-corrected chi connectivity index (χ2v) is 7.59. The van der Waals surface area contributed by atoms with Crippen LogP contribution in [0, 0.1) is 17.1 Å². The van der Waals surface area contributed by atoms with E-state index >= 15 is 0 Å². The second kappa shape index (κ2) is 8.63. The van der Waals surface area contributed by atoms with E-state index in [2.05, 4.69) is 15.0 Å². The summed E-state index contributed by atoms with van der Waals surface area (Å²) in [7, 11) is 1.95. The van der Waals surface area contributed by atoms with E-state index in [0.29, 0.717) is 37.3 Å². The SMILES string of the molecule is CN1CCN(C(=O)Nc2c(C#N)c3ccc(F)cc3n2-c2ccc(OC(F)(F)F)cc2)CC1. The van der Waals surface area contributed by atoms with Gasteiger partial charge in [-0.2, -0.15) is 5.26 Å². The summed E-state index contributed by atoms with van der Waals surface area (Å²) in [5, 5.41) is 12.9. The van der Waals surface area contributed by atoms with Gasteiger partial charge in [-0.25, -0.2) is 9.18 Å². The lowest BCUT2D eigenvalue weighted by Crippen LogP contribution is -2.48. The Balaban J connectivity index is 1.78. The number of fused-ring (bicyclic) bond motifs is 1. The van der Waals surface area contributed by atoms with Gasteiger partial charge in [0.25, 0.3) is 0 Å². The molecular weight excluding hydrogens is 442 g/mol. The molecule has 0 aliphatic carbocycles. The van der Waals surface area contributed by atoms with Gasteiger partial charge in [-0.15, -0.1) is 13.2 Å². The number of rotatable bonds is 3. The van der Waals surface area contributed by atoms with Crippen molar-refractivity contribution in [1.29, 1.82) is 5.26 Å². The molecule has 0 spiro atoms. The number of amides is 2. The molecule has 1 fully saturated rings. The minimum Gasteiger partial charge on any atom is -0.406 e. The van der Waals surface area contributed by atoms with Crippen molar-refractivity contribution < 1.29 is 27.1 Å². The number of nitrogens with one attached hydrogen (secondary N) is 1. The van der Waals surface area contributed by atoms with Crippen LogP contribution in [0.3, 0.4) is 0 Å². The Hall–Kier alpha value is -3.78. The van der Waals surface area contributed by atoms with Crippen molar-refractivity contribution in [3.05, 3.63) is 53.8 Å². The molecule has 2 amide bonds. The molecule has 0 bridgehead atoms. The van der Waals surface area contributed by atoms with Gasteiger partial charge in [0.15, 0.2) is 0 Å². The smallest absolute Gasteiger partial charge is 0.406 e. The fraction of sp³-hybridized carbons (Fsp3) is 0.273. The Labute approximate surface area is 186 Å². The number of hydrogen-bond acceptors (Lipinski definition) is 4. The van der Waals surface area contributed by atoms with E-state index in [1.165, 1.54) is 34.9 Å². The number of ether oxygens (including phenoxy) is 1. The van der Waals surface area contributed by atoms with Crippen LogP contribution in [0.2, 0.25) is 0 Å². The predicted molar refractivity (Wildman–Crippen MR) is 113 cm³/mol. The Bertz CT molecular complexity index is 1220. The van der Waals surface area contributed by atoms with Crippen LogP contribution >= 0.6 is 0 Å². The molecule has 0 saturated carbocycles. The Morgan fingerprint density at radius 1 is 1.09 bits per heavy atom. The van der Waals surface area contributed by atoms with Gasteiger partial charge in [0, 0.05) is 37.3 Å². The van der Waals surface area contributed by atoms with Gasteiger partial charge in [-0.05, 0) is 49.5 Å². The number of anilines is 1. The average molecular weight is 461 g/mol. The summed E-state index contributed by atoms with van der Waals surface area (Å²) in [6, 6.07) is 10.3. The first kappa shape index (κ1) is 22.4. The first-order chi connectivity index (χ1) is 15.7. The maximum absolute atomic E-state index is 14.1. The Kier molecular flexibility index (Phi) is 5.86. The largest absolute Gasteiger partial charge is 0.573 e. The average Bonchev–Trinajstić information content (AvgIpc) is 3.05. The van der Waals surface area contributed by atoms with E-state index in [1.54, 1.807) is 4.90 Å². The molecule has 11 heteroatoms. The van der Waals surface area contributed by atoms with Crippen LogP contribution in [0.15, 0.2) is 42.5 Å². The highest BCUT2D eigenvalue weighted by atomic mass is 19.4. The third kappa shape index (κ3) is 4.70. The second-order valence-electron chi connectivity index (χ2n) is 7.59. The third-order valence-corrected chi connectivity index (χ3v) is 5.39. The first-order valence-corrected chi connectivity index (χ1v) is 10.0. The van der Waals surface area contributed by atoms with E-state index < -0.39 is 24.0 Å². The third-order valence-electron chi connectivity index (χ3n) is 5.39. The van der Waals surface area contributed by atoms with Crippen molar-refractivity contribution in [3.63, 3.8) is 0 Å². The van der Waals surface area contributed by atoms with Gasteiger partial charge in [0.05, 0.1) is 5.52 Å². The Morgan fingerprint density at radius 2 is 1.76 bits per heavy atom. The molecule has 0 radical (unpaired) electrons. The fourth-order valence-electron chi connectivity index (χ4n) is 3.75. The Morgan fingerprint density at radius 3 is 2.36 bits per heavy atom. The van der Waals surface area contributed by atoms with Crippen LogP contribution in [0.25, 0.3) is 16.6 Å². The van der Waals surface area contributed by atoms with Crippen molar-refractivity contribution >= 4 is 22.8 Å². The van der Waals surface area contributed by atoms with E-state index in [4.69, 9.17) is 0 Å². The van der Waals surface area contributed by atoms with Crippen LogP contribution in [0.5, 0.6) is 5.75 Å². The molecule has 3 aromatic rings. The number of urea groups is 1. The van der Waals surface area contributed by atoms with Crippen LogP contribution in [0.4, 0.5) is 28.2 Å². The normalized spacial score (nSPS) is 14.8. The van der Waals surface area contributed by atoms with Gasteiger partial charge < -0.3 is 14.5 Å². The van der Waals surface area contributed by atoms with Crippen LogP contribution in [-0.2, 0) is 0 Å². The monoisotopic (exact) mass is 461 g/mol. The summed E-state index contributed by atoms with van der Waals surface area (Å²) in [6.07, 6.45) is -4.85. The molecule has 7 nitrogen and oxygen atoms in total.